The number of benzene rings is 3. The lowest BCUT2D eigenvalue weighted by Crippen LogP contribution is -2.35. The maximum absolute atomic E-state index is 13.1. The van der Waals surface area contributed by atoms with E-state index >= 15 is 0 Å². The number of hydrogen-bond acceptors (Lipinski definition) is 6. The van der Waals surface area contributed by atoms with Crippen molar-refractivity contribution < 1.29 is 14.3 Å². The number of unbranched alkanes of at least 4 members (excludes halogenated alkanes) is 2. The van der Waals surface area contributed by atoms with Crippen LogP contribution in [0, 0.1) is 0 Å². The van der Waals surface area contributed by atoms with Crippen LogP contribution in [-0.2, 0) is 6.54 Å². The van der Waals surface area contributed by atoms with Crippen LogP contribution in [0.4, 0.5) is 5.69 Å². The second kappa shape index (κ2) is 11.7. The number of nitrogens with zero attached hydrogens (tertiary/aromatic N) is 4. The fraction of sp³-hybridized carbons (Fsp3) is 0.312. The zero-order valence-electron chi connectivity index (χ0n) is 22.9. The minimum Gasteiger partial charge on any atom is -0.493 e. The van der Waals surface area contributed by atoms with Gasteiger partial charge >= 0.3 is 5.69 Å². The molecule has 1 fully saturated rings. The van der Waals surface area contributed by atoms with Crippen molar-refractivity contribution in [3.63, 3.8) is 0 Å². The van der Waals surface area contributed by atoms with E-state index in [2.05, 4.69) is 9.98 Å². The highest BCUT2D eigenvalue weighted by molar-refractivity contribution is 6.31. The number of aryl methyl sites for hydroxylation is 1. The molecule has 3 aromatic carbocycles. The molecule has 8 nitrogen and oxygen atoms in total. The third-order valence-corrected chi connectivity index (χ3v) is 7.97. The predicted octanol–water partition coefficient (Wildman–Crippen LogP) is 6.30. The third-order valence-electron chi connectivity index (χ3n) is 7.73. The van der Waals surface area contributed by atoms with Crippen molar-refractivity contribution in [2.24, 2.45) is 4.99 Å². The molecular formula is C32H31ClN4O4. The molecule has 0 bridgehead atoms. The van der Waals surface area contributed by atoms with Gasteiger partial charge in [0.2, 0.25) is 0 Å². The summed E-state index contributed by atoms with van der Waals surface area (Å²) in [7, 11) is 1.57. The normalized spacial score (nSPS) is 16.0. The molecular weight excluding hydrogens is 540 g/mol. The largest absolute Gasteiger partial charge is 0.493 e. The van der Waals surface area contributed by atoms with Gasteiger partial charge in [-0.05, 0) is 56.4 Å². The molecule has 3 heterocycles. The summed E-state index contributed by atoms with van der Waals surface area (Å²) in [6.07, 6.45) is 6.21. The van der Waals surface area contributed by atoms with Gasteiger partial charge in [0.15, 0.2) is 11.5 Å². The summed E-state index contributed by atoms with van der Waals surface area (Å²) in [5.41, 5.74) is 3.21. The molecule has 0 spiro atoms. The van der Waals surface area contributed by atoms with E-state index in [4.69, 9.17) is 21.1 Å². The van der Waals surface area contributed by atoms with Crippen LogP contribution >= 0.6 is 11.6 Å². The third kappa shape index (κ3) is 5.44. The average molecular weight is 571 g/mol. The summed E-state index contributed by atoms with van der Waals surface area (Å²) in [5.74, 6) is 1.07. The quantitative estimate of drug-likeness (QED) is 0.221. The van der Waals surface area contributed by atoms with Crippen LogP contribution in [0.3, 0.4) is 0 Å². The molecule has 210 valence electrons. The van der Waals surface area contributed by atoms with E-state index < -0.39 is 0 Å². The van der Waals surface area contributed by atoms with E-state index in [-0.39, 0.29) is 17.6 Å². The zero-order valence-corrected chi connectivity index (χ0v) is 23.6. The Bertz CT molecular complexity index is 1690. The van der Waals surface area contributed by atoms with Gasteiger partial charge in [-0.15, -0.1) is 0 Å². The lowest BCUT2D eigenvalue weighted by Gasteiger charge is -2.20. The first-order valence-corrected chi connectivity index (χ1v) is 14.4. The number of fused-ring (bicyclic) bond motifs is 3. The van der Waals surface area contributed by atoms with Gasteiger partial charge in [0.25, 0.3) is 5.91 Å². The highest BCUT2D eigenvalue weighted by atomic mass is 35.5. The molecule has 1 amide bonds. The minimum atomic E-state index is -0.278. The number of carbonyl (C=O) groups is 1. The summed E-state index contributed by atoms with van der Waals surface area (Å²) < 4.78 is 13.3. The van der Waals surface area contributed by atoms with Gasteiger partial charge in [-0.1, -0.05) is 41.9 Å². The van der Waals surface area contributed by atoms with E-state index in [0.29, 0.717) is 46.6 Å². The van der Waals surface area contributed by atoms with E-state index in [1.807, 2.05) is 53.6 Å². The van der Waals surface area contributed by atoms with Crippen molar-refractivity contribution in [2.45, 2.75) is 44.7 Å². The number of ether oxygens (including phenoxy) is 2. The predicted molar refractivity (Wildman–Crippen MR) is 161 cm³/mol. The second-order valence-corrected chi connectivity index (χ2v) is 10.8. The van der Waals surface area contributed by atoms with Gasteiger partial charge in [-0.2, -0.15) is 4.98 Å². The summed E-state index contributed by atoms with van der Waals surface area (Å²) in [5, 5.41) is 1.45. The van der Waals surface area contributed by atoms with Crippen LogP contribution in [0.15, 0.2) is 70.5 Å². The summed E-state index contributed by atoms with van der Waals surface area (Å²) in [6, 6.07) is 18.8. The Morgan fingerprint density at radius 2 is 1.85 bits per heavy atom. The number of amides is 1. The smallest absolute Gasteiger partial charge is 0.348 e. The highest BCUT2D eigenvalue weighted by Crippen LogP contribution is 2.38. The molecule has 41 heavy (non-hydrogen) atoms. The number of hydrogen-bond donors (Lipinski definition) is 0. The monoisotopic (exact) mass is 570 g/mol. The lowest BCUT2D eigenvalue weighted by atomic mass is 10.1. The molecule has 2 aliphatic rings. The molecule has 0 aliphatic carbocycles. The minimum absolute atomic E-state index is 0.0128. The van der Waals surface area contributed by atoms with Crippen LogP contribution in [0.25, 0.3) is 22.2 Å². The molecule has 0 radical (unpaired) electrons. The first kappa shape index (κ1) is 27.0. The Hall–Kier alpha value is -4.17. The molecule has 4 aromatic rings. The molecule has 2 aliphatic heterocycles. The van der Waals surface area contributed by atoms with Gasteiger partial charge in [0.05, 0.1) is 42.2 Å². The highest BCUT2D eigenvalue weighted by Gasteiger charge is 2.32. The van der Waals surface area contributed by atoms with Gasteiger partial charge in [-0.3, -0.25) is 14.4 Å². The molecule has 9 heteroatoms. The topological polar surface area (TPSA) is 86.0 Å². The van der Waals surface area contributed by atoms with Gasteiger partial charge < -0.3 is 14.4 Å². The summed E-state index contributed by atoms with van der Waals surface area (Å²) in [4.78, 5) is 37.0. The van der Waals surface area contributed by atoms with Crippen LogP contribution < -0.4 is 15.2 Å². The van der Waals surface area contributed by atoms with Crippen molar-refractivity contribution >= 4 is 40.3 Å². The molecule has 0 N–H and O–H groups in total. The average Bonchev–Trinajstić information content (AvgIpc) is 3.42. The Balaban J connectivity index is 1.11. The SMILES string of the molecule is COc1cc2c(cc1OCCCCCn1c(=O)nc(-c3ccccc3)c3cc(Cl)ccc31)N=C[C@@H]1CCCN1C2=O. The van der Waals surface area contributed by atoms with Crippen molar-refractivity contribution in [3.05, 3.63) is 81.7 Å². The Morgan fingerprint density at radius 3 is 2.68 bits per heavy atom. The van der Waals surface area contributed by atoms with Crippen LogP contribution in [-0.4, -0.2) is 52.9 Å². The van der Waals surface area contributed by atoms with Crippen molar-refractivity contribution in [1.82, 2.24) is 14.5 Å². The summed E-state index contributed by atoms with van der Waals surface area (Å²) >= 11 is 6.32. The summed E-state index contributed by atoms with van der Waals surface area (Å²) in [6.45, 7) is 1.76. The fourth-order valence-electron chi connectivity index (χ4n) is 5.64. The maximum atomic E-state index is 13.1. The van der Waals surface area contributed by atoms with Crippen molar-refractivity contribution in [2.75, 3.05) is 20.3 Å². The van der Waals surface area contributed by atoms with E-state index in [1.165, 1.54) is 0 Å². The molecule has 0 unspecified atom stereocenters. The molecule has 6 rings (SSSR count). The van der Waals surface area contributed by atoms with Crippen LogP contribution in [0.5, 0.6) is 11.5 Å². The van der Waals surface area contributed by atoms with E-state index in [1.54, 1.807) is 29.9 Å². The number of rotatable bonds is 9. The number of aliphatic imine (C=N–C) groups is 1. The molecule has 1 saturated heterocycles. The maximum Gasteiger partial charge on any atom is 0.348 e. The zero-order chi connectivity index (χ0) is 28.3. The Morgan fingerprint density at radius 1 is 1.00 bits per heavy atom. The first-order valence-electron chi connectivity index (χ1n) is 14.0. The van der Waals surface area contributed by atoms with Crippen LogP contribution in [0.2, 0.25) is 5.02 Å². The number of aromatic nitrogens is 2. The molecule has 0 saturated carbocycles. The fourth-order valence-corrected chi connectivity index (χ4v) is 5.81. The number of methoxy groups -OCH3 is 1. The number of halogens is 1. The first-order chi connectivity index (χ1) is 20.0. The number of carbonyl (C=O) groups excluding carboxylic acids is 1. The Kier molecular flexibility index (Phi) is 7.74. The van der Waals surface area contributed by atoms with E-state index in [9.17, 15) is 9.59 Å². The standard InChI is InChI=1S/C32H31ClN4O4/c1-40-28-18-24-26(34-20-23-11-8-15-36(23)31(24)38)19-29(28)41-16-7-3-6-14-37-27-13-12-22(33)17-25(27)30(35-32(37)39)21-9-4-2-5-10-21/h2,4-5,9-10,12-13,17-20,23H,3,6-8,11,14-16H2,1H3/t23-/m0/s1. The van der Waals surface area contributed by atoms with E-state index in [0.717, 1.165) is 55.1 Å². The Labute approximate surface area is 243 Å². The van der Waals surface area contributed by atoms with Crippen LogP contribution in [0.1, 0.15) is 42.5 Å². The molecule has 1 atom stereocenters. The second-order valence-electron chi connectivity index (χ2n) is 10.3. The van der Waals surface area contributed by atoms with Gasteiger partial charge in [0, 0.05) is 41.3 Å². The lowest BCUT2D eigenvalue weighted by molar-refractivity contribution is 0.0774. The van der Waals surface area contributed by atoms with Gasteiger partial charge in [-0.25, -0.2) is 4.79 Å². The van der Waals surface area contributed by atoms with Crippen molar-refractivity contribution in [3.8, 4) is 22.8 Å². The molecule has 1 aromatic heterocycles. The van der Waals surface area contributed by atoms with Gasteiger partial charge in [0.1, 0.15) is 0 Å². The van der Waals surface area contributed by atoms with Crippen molar-refractivity contribution in [1.29, 1.82) is 0 Å².